The molecule has 1 atom stereocenters. The fraction of sp³-hybridized carbons (Fsp3) is 0.316. The first-order valence-corrected chi connectivity index (χ1v) is 11.6. The van der Waals surface area contributed by atoms with Crippen LogP contribution in [0.15, 0.2) is 35.4 Å². The van der Waals surface area contributed by atoms with Gasteiger partial charge in [0.25, 0.3) is 0 Å². The highest BCUT2D eigenvalue weighted by Crippen LogP contribution is 2.29. The number of hydrogen-bond acceptors (Lipinski definition) is 6. The Bertz CT molecular complexity index is 1240. The largest absolute Gasteiger partial charge is 0.352 e. The maximum absolute atomic E-state index is 12.3. The number of sulfone groups is 1. The quantitative estimate of drug-likeness (QED) is 0.656. The molecule has 0 bridgehead atoms. The van der Waals surface area contributed by atoms with Gasteiger partial charge in [-0.25, -0.2) is 13.4 Å². The van der Waals surface area contributed by atoms with Crippen molar-refractivity contribution in [2.24, 2.45) is 0 Å². The van der Waals surface area contributed by atoms with E-state index in [1.807, 2.05) is 41.7 Å². The number of amides is 1. The van der Waals surface area contributed by atoms with E-state index < -0.39 is 9.84 Å². The lowest BCUT2D eigenvalue weighted by molar-refractivity contribution is -0.119. The van der Waals surface area contributed by atoms with Gasteiger partial charge in [0.1, 0.15) is 6.07 Å². The number of para-hydroxylation sites is 2. The summed E-state index contributed by atoms with van der Waals surface area (Å²) in [6.07, 6.45) is 0.463. The van der Waals surface area contributed by atoms with Crippen LogP contribution in [0.5, 0.6) is 0 Å². The molecule has 1 saturated heterocycles. The minimum absolute atomic E-state index is 0.00971. The summed E-state index contributed by atoms with van der Waals surface area (Å²) >= 11 is 1.35. The first-order chi connectivity index (χ1) is 13.4. The normalized spacial score (nSPS) is 18.4. The second-order valence-electron chi connectivity index (χ2n) is 6.87. The summed E-state index contributed by atoms with van der Waals surface area (Å²) in [5.74, 6) is 0.0903. The van der Waals surface area contributed by atoms with E-state index >= 15 is 0 Å². The van der Waals surface area contributed by atoms with Crippen LogP contribution >= 0.6 is 11.8 Å². The monoisotopic (exact) mass is 414 g/mol. The predicted molar refractivity (Wildman–Crippen MR) is 108 cm³/mol. The van der Waals surface area contributed by atoms with E-state index in [2.05, 4.69) is 16.4 Å². The van der Waals surface area contributed by atoms with E-state index in [4.69, 9.17) is 0 Å². The van der Waals surface area contributed by atoms with Crippen LogP contribution in [0.2, 0.25) is 0 Å². The SMILES string of the molecule is Cc1cc(SCC(=O)N[C@@H]2CCS(=O)(=O)C2)n2c(nc3ccccc32)c1C#N. The summed E-state index contributed by atoms with van der Waals surface area (Å²) in [6, 6.07) is 11.4. The Morgan fingerprint density at radius 3 is 2.93 bits per heavy atom. The number of carbonyl (C=O) groups excluding carboxylic acids is 1. The van der Waals surface area contributed by atoms with E-state index in [-0.39, 0.29) is 29.2 Å². The lowest BCUT2D eigenvalue weighted by atomic mass is 10.2. The van der Waals surface area contributed by atoms with Crippen molar-refractivity contribution in [1.29, 1.82) is 5.26 Å². The molecule has 1 aromatic carbocycles. The summed E-state index contributed by atoms with van der Waals surface area (Å²) in [6.45, 7) is 1.85. The van der Waals surface area contributed by atoms with Gasteiger partial charge >= 0.3 is 0 Å². The number of aromatic nitrogens is 2. The van der Waals surface area contributed by atoms with Gasteiger partial charge in [0, 0.05) is 6.04 Å². The van der Waals surface area contributed by atoms with Crippen molar-refractivity contribution in [1.82, 2.24) is 14.7 Å². The maximum Gasteiger partial charge on any atom is 0.230 e. The molecule has 1 fully saturated rings. The van der Waals surface area contributed by atoms with Crippen molar-refractivity contribution >= 4 is 44.2 Å². The molecule has 0 saturated carbocycles. The fourth-order valence-electron chi connectivity index (χ4n) is 3.48. The van der Waals surface area contributed by atoms with Crippen LogP contribution in [0.25, 0.3) is 16.7 Å². The van der Waals surface area contributed by atoms with Crippen molar-refractivity contribution in [3.63, 3.8) is 0 Å². The minimum atomic E-state index is -3.03. The topological polar surface area (TPSA) is 104 Å². The van der Waals surface area contributed by atoms with Crippen LogP contribution in [0.1, 0.15) is 17.5 Å². The Kier molecular flexibility index (Phi) is 4.77. The highest BCUT2D eigenvalue weighted by molar-refractivity contribution is 7.99. The Morgan fingerprint density at radius 2 is 2.21 bits per heavy atom. The number of nitrogens with one attached hydrogen (secondary N) is 1. The van der Waals surface area contributed by atoms with Crippen LogP contribution in [-0.4, -0.2) is 47.0 Å². The highest BCUT2D eigenvalue weighted by Gasteiger charge is 2.28. The minimum Gasteiger partial charge on any atom is -0.352 e. The van der Waals surface area contributed by atoms with Crippen molar-refractivity contribution in [3.05, 3.63) is 41.5 Å². The number of nitriles is 1. The van der Waals surface area contributed by atoms with E-state index in [0.717, 1.165) is 21.6 Å². The molecular weight excluding hydrogens is 396 g/mol. The fourth-order valence-corrected chi connectivity index (χ4v) is 6.09. The summed E-state index contributed by atoms with van der Waals surface area (Å²) in [7, 11) is -3.03. The zero-order chi connectivity index (χ0) is 19.9. The second-order valence-corrected chi connectivity index (χ2v) is 10.1. The molecule has 0 radical (unpaired) electrons. The molecule has 1 aliphatic rings. The molecule has 3 aromatic rings. The molecule has 3 heterocycles. The van der Waals surface area contributed by atoms with Crippen LogP contribution in [0.4, 0.5) is 0 Å². The van der Waals surface area contributed by atoms with Crippen molar-refractivity contribution < 1.29 is 13.2 Å². The summed E-state index contributed by atoms with van der Waals surface area (Å²) in [5.41, 5.74) is 3.55. The Hall–Kier alpha value is -2.57. The summed E-state index contributed by atoms with van der Waals surface area (Å²) in [5, 5.41) is 13.1. The van der Waals surface area contributed by atoms with Crippen LogP contribution < -0.4 is 5.32 Å². The van der Waals surface area contributed by atoms with E-state index in [1.165, 1.54) is 11.8 Å². The Labute approximate surface area is 166 Å². The third-order valence-corrected chi connectivity index (χ3v) is 7.57. The molecule has 144 valence electrons. The van der Waals surface area contributed by atoms with Gasteiger partial charge < -0.3 is 5.32 Å². The number of benzene rings is 1. The van der Waals surface area contributed by atoms with Crippen molar-refractivity contribution in [3.8, 4) is 6.07 Å². The molecule has 1 aliphatic heterocycles. The average Bonchev–Trinajstić information content (AvgIpc) is 3.19. The Balaban J connectivity index is 1.62. The number of pyridine rings is 1. The zero-order valence-electron chi connectivity index (χ0n) is 15.2. The van der Waals surface area contributed by atoms with Gasteiger partial charge in [-0.3, -0.25) is 9.20 Å². The van der Waals surface area contributed by atoms with Crippen molar-refractivity contribution in [2.45, 2.75) is 24.4 Å². The number of fused-ring (bicyclic) bond motifs is 3. The Morgan fingerprint density at radius 1 is 1.43 bits per heavy atom. The molecule has 0 spiro atoms. The van der Waals surface area contributed by atoms with Gasteiger partial charge in [-0.15, -0.1) is 0 Å². The van der Waals surface area contributed by atoms with Gasteiger partial charge in [0.05, 0.1) is 38.9 Å². The maximum atomic E-state index is 12.3. The first-order valence-electron chi connectivity index (χ1n) is 8.81. The number of rotatable bonds is 4. The molecule has 0 unspecified atom stereocenters. The molecule has 28 heavy (non-hydrogen) atoms. The third kappa shape index (κ3) is 3.45. The van der Waals surface area contributed by atoms with Gasteiger partial charge in [-0.1, -0.05) is 23.9 Å². The summed E-state index contributed by atoms with van der Waals surface area (Å²) < 4.78 is 25.0. The molecule has 7 nitrogen and oxygen atoms in total. The molecule has 2 aromatic heterocycles. The summed E-state index contributed by atoms with van der Waals surface area (Å²) in [4.78, 5) is 16.9. The zero-order valence-corrected chi connectivity index (χ0v) is 16.8. The number of nitrogens with zero attached hydrogens (tertiary/aromatic N) is 3. The van der Waals surface area contributed by atoms with E-state index in [1.54, 1.807) is 0 Å². The predicted octanol–water partition coefficient (Wildman–Crippen LogP) is 2.06. The van der Waals surface area contributed by atoms with Gasteiger partial charge in [0.2, 0.25) is 5.91 Å². The first kappa shape index (κ1) is 18.8. The van der Waals surface area contributed by atoms with Crippen LogP contribution in [0.3, 0.4) is 0 Å². The lowest BCUT2D eigenvalue weighted by Gasteiger charge is -2.12. The number of hydrogen-bond donors (Lipinski definition) is 1. The number of carbonyl (C=O) groups is 1. The number of imidazole rings is 1. The number of thioether (sulfide) groups is 1. The molecule has 9 heteroatoms. The standard InChI is InChI=1S/C19H18N4O3S2/c1-12-8-18(27-10-17(24)21-13-6-7-28(25,26)11-13)23-16-5-3-2-4-15(16)22-19(23)14(12)9-20/h2-5,8,13H,6-7,10-11H2,1H3,(H,21,24)/t13-/m1/s1. The van der Waals surface area contributed by atoms with E-state index in [0.29, 0.717) is 17.6 Å². The molecular formula is C19H18N4O3S2. The molecule has 1 N–H and O–H groups in total. The van der Waals surface area contributed by atoms with Gasteiger partial charge in [0.15, 0.2) is 15.5 Å². The highest BCUT2D eigenvalue weighted by atomic mass is 32.2. The van der Waals surface area contributed by atoms with Crippen LogP contribution in [-0.2, 0) is 14.6 Å². The lowest BCUT2D eigenvalue weighted by Crippen LogP contribution is -2.36. The second kappa shape index (κ2) is 7.11. The third-order valence-electron chi connectivity index (χ3n) is 4.80. The van der Waals surface area contributed by atoms with Gasteiger partial charge in [-0.2, -0.15) is 5.26 Å². The average molecular weight is 415 g/mol. The molecule has 4 rings (SSSR count). The van der Waals surface area contributed by atoms with Crippen LogP contribution in [0, 0.1) is 18.3 Å². The smallest absolute Gasteiger partial charge is 0.230 e. The van der Waals surface area contributed by atoms with Crippen molar-refractivity contribution in [2.75, 3.05) is 17.3 Å². The molecule has 1 amide bonds. The van der Waals surface area contributed by atoms with Gasteiger partial charge in [-0.05, 0) is 37.1 Å². The number of aryl methyl sites for hydroxylation is 1. The molecule has 0 aliphatic carbocycles. The van der Waals surface area contributed by atoms with E-state index in [9.17, 15) is 18.5 Å².